The Morgan fingerprint density at radius 3 is 3.27 bits per heavy atom. The molecule has 15 heavy (non-hydrogen) atoms. The van der Waals surface area contributed by atoms with Gasteiger partial charge in [0.15, 0.2) is 0 Å². The number of fused-ring (bicyclic) bond motifs is 3. The summed E-state index contributed by atoms with van der Waals surface area (Å²) in [5.41, 5.74) is 2.54. The van der Waals surface area contributed by atoms with E-state index in [9.17, 15) is 0 Å². The zero-order valence-electron chi connectivity index (χ0n) is 7.93. The molecule has 0 bridgehead atoms. The maximum absolute atomic E-state index is 9.12. The van der Waals surface area contributed by atoms with E-state index >= 15 is 0 Å². The van der Waals surface area contributed by atoms with Crippen LogP contribution in [-0.4, -0.2) is 10.1 Å². The van der Waals surface area contributed by atoms with Crippen LogP contribution in [0.3, 0.4) is 0 Å². The molecule has 2 aromatic heterocycles. The zero-order chi connectivity index (χ0) is 10.3. The van der Waals surface area contributed by atoms with E-state index in [-0.39, 0.29) is 6.61 Å². The van der Waals surface area contributed by atoms with Gasteiger partial charge in [-0.15, -0.1) is 23.1 Å². The monoisotopic (exact) mass is 235 g/mol. The Labute approximate surface area is 96.0 Å². The second-order valence-corrected chi connectivity index (χ2v) is 5.47. The van der Waals surface area contributed by atoms with Gasteiger partial charge in [-0.3, -0.25) is 0 Å². The van der Waals surface area contributed by atoms with Crippen molar-refractivity contribution < 1.29 is 5.11 Å². The van der Waals surface area contributed by atoms with Crippen LogP contribution in [0.5, 0.6) is 0 Å². The standard InChI is InChI=1S/C11H9NOS2/c13-5-8-4-7-6-14-11-9(10(7)15-8)2-1-3-12-11/h1-4,13H,5-6H2. The largest absolute Gasteiger partial charge is 0.391 e. The Morgan fingerprint density at radius 2 is 2.40 bits per heavy atom. The van der Waals surface area contributed by atoms with Crippen LogP contribution in [0.1, 0.15) is 10.4 Å². The summed E-state index contributed by atoms with van der Waals surface area (Å²) >= 11 is 3.44. The van der Waals surface area contributed by atoms with E-state index in [2.05, 4.69) is 17.1 Å². The second kappa shape index (κ2) is 3.63. The molecule has 2 aromatic rings. The Bertz CT molecular complexity index is 507. The zero-order valence-corrected chi connectivity index (χ0v) is 9.57. The Balaban J connectivity index is 2.20. The van der Waals surface area contributed by atoms with E-state index in [0.717, 1.165) is 15.7 Å². The Kier molecular flexibility index (Phi) is 2.27. The van der Waals surface area contributed by atoms with Crippen molar-refractivity contribution in [2.24, 2.45) is 0 Å². The van der Waals surface area contributed by atoms with Crippen molar-refractivity contribution in [1.29, 1.82) is 0 Å². The summed E-state index contributed by atoms with van der Waals surface area (Å²) < 4.78 is 0. The van der Waals surface area contributed by atoms with Gasteiger partial charge in [0.05, 0.1) is 6.61 Å². The van der Waals surface area contributed by atoms with Crippen molar-refractivity contribution in [3.8, 4) is 10.4 Å². The van der Waals surface area contributed by atoms with Gasteiger partial charge in [-0.2, -0.15) is 0 Å². The van der Waals surface area contributed by atoms with E-state index < -0.39 is 0 Å². The number of hydrogen-bond donors (Lipinski definition) is 1. The number of aliphatic hydroxyl groups excluding tert-OH is 1. The highest BCUT2D eigenvalue weighted by atomic mass is 32.2. The number of aromatic nitrogens is 1. The van der Waals surface area contributed by atoms with Crippen LogP contribution < -0.4 is 0 Å². The summed E-state index contributed by atoms with van der Waals surface area (Å²) in [6.45, 7) is 0.137. The van der Waals surface area contributed by atoms with E-state index in [1.165, 1.54) is 16.0 Å². The number of rotatable bonds is 1. The molecule has 0 saturated carbocycles. The molecule has 0 aliphatic carbocycles. The van der Waals surface area contributed by atoms with Gasteiger partial charge in [0, 0.05) is 27.3 Å². The van der Waals surface area contributed by atoms with E-state index in [4.69, 9.17) is 5.11 Å². The summed E-state index contributed by atoms with van der Waals surface area (Å²) in [6.07, 6.45) is 1.83. The number of hydrogen-bond acceptors (Lipinski definition) is 4. The minimum absolute atomic E-state index is 0.137. The van der Waals surface area contributed by atoms with Crippen LogP contribution in [0.25, 0.3) is 10.4 Å². The predicted molar refractivity (Wildman–Crippen MR) is 63.0 cm³/mol. The molecule has 3 heterocycles. The first-order valence-corrected chi connectivity index (χ1v) is 6.49. The van der Waals surface area contributed by atoms with Gasteiger partial charge in [-0.25, -0.2) is 4.98 Å². The molecule has 0 amide bonds. The highest BCUT2D eigenvalue weighted by molar-refractivity contribution is 7.98. The molecule has 3 rings (SSSR count). The third-order valence-corrected chi connectivity index (χ3v) is 4.65. The maximum atomic E-state index is 9.12. The van der Waals surface area contributed by atoms with Crippen LogP contribution in [0, 0.1) is 0 Å². The topological polar surface area (TPSA) is 33.1 Å². The number of aliphatic hydroxyl groups is 1. The van der Waals surface area contributed by atoms with Crippen molar-refractivity contribution in [2.45, 2.75) is 17.4 Å². The molecule has 0 atom stereocenters. The van der Waals surface area contributed by atoms with Crippen molar-refractivity contribution >= 4 is 23.1 Å². The number of thiophene rings is 1. The lowest BCUT2D eigenvalue weighted by Crippen LogP contribution is -1.93. The van der Waals surface area contributed by atoms with Crippen molar-refractivity contribution in [1.82, 2.24) is 4.98 Å². The fraction of sp³-hybridized carbons (Fsp3) is 0.182. The summed E-state index contributed by atoms with van der Waals surface area (Å²) in [5.74, 6) is 0.968. The Hall–Kier alpha value is -0.840. The lowest BCUT2D eigenvalue weighted by atomic mass is 10.1. The molecule has 1 aliphatic rings. The third kappa shape index (κ3) is 1.49. The normalized spacial score (nSPS) is 13.4. The molecule has 0 radical (unpaired) electrons. The van der Waals surface area contributed by atoms with Crippen molar-refractivity contribution in [2.75, 3.05) is 0 Å². The highest BCUT2D eigenvalue weighted by Crippen LogP contribution is 2.44. The van der Waals surface area contributed by atoms with E-state index in [0.29, 0.717) is 0 Å². The van der Waals surface area contributed by atoms with Crippen molar-refractivity contribution in [3.63, 3.8) is 0 Å². The fourth-order valence-corrected chi connectivity index (χ4v) is 3.93. The van der Waals surface area contributed by atoms with Crippen LogP contribution in [0.15, 0.2) is 29.4 Å². The SMILES string of the molecule is OCc1cc2c(s1)-c1cccnc1SC2. The van der Waals surface area contributed by atoms with Crippen LogP contribution in [-0.2, 0) is 12.4 Å². The van der Waals surface area contributed by atoms with Crippen LogP contribution >= 0.6 is 23.1 Å². The van der Waals surface area contributed by atoms with Gasteiger partial charge in [0.2, 0.25) is 0 Å². The first-order chi connectivity index (χ1) is 7.38. The fourth-order valence-electron chi connectivity index (χ4n) is 1.72. The lowest BCUT2D eigenvalue weighted by Gasteiger charge is -2.13. The average molecular weight is 235 g/mol. The summed E-state index contributed by atoms with van der Waals surface area (Å²) in [5, 5.41) is 10.2. The number of nitrogens with zero attached hydrogens (tertiary/aromatic N) is 1. The molecule has 0 spiro atoms. The van der Waals surface area contributed by atoms with E-state index in [1.807, 2.05) is 12.3 Å². The van der Waals surface area contributed by atoms with Gasteiger partial charge in [-0.05, 0) is 23.8 Å². The highest BCUT2D eigenvalue weighted by Gasteiger charge is 2.19. The molecule has 0 aromatic carbocycles. The molecule has 0 saturated heterocycles. The Morgan fingerprint density at radius 1 is 1.47 bits per heavy atom. The van der Waals surface area contributed by atoms with Gasteiger partial charge in [0.25, 0.3) is 0 Å². The minimum Gasteiger partial charge on any atom is -0.391 e. The number of pyridine rings is 1. The molecular weight excluding hydrogens is 226 g/mol. The third-order valence-electron chi connectivity index (χ3n) is 2.40. The molecule has 4 heteroatoms. The molecular formula is C11H9NOS2. The first-order valence-electron chi connectivity index (χ1n) is 4.69. The summed E-state index contributed by atoms with van der Waals surface area (Å²) in [6, 6.07) is 6.17. The average Bonchev–Trinajstić information content (AvgIpc) is 2.72. The lowest BCUT2D eigenvalue weighted by molar-refractivity contribution is 0.285. The first kappa shape index (κ1) is 9.39. The quantitative estimate of drug-likeness (QED) is 0.825. The van der Waals surface area contributed by atoms with Gasteiger partial charge >= 0.3 is 0 Å². The van der Waals surface area contributed by atoms with Crippen LogP contribution in [0.2, 0.25) is 0 Å². The van der Waals surface area contributed by atoms with Gasteiger partial charge in [-0.1, -0.05) is 0 Å². The maximum Gasteiger partial charge on any atom is 0.105 e. The van der Waals surface area contributed by atoms with Gasteiger partial charge < -0.3 is 5.11 Å². The smallest absolute Gasteiger partial charge is 0.105 e. The van der Waals surface area contributed by atoms with E-state index in [1.54, 1.807) is 23.1 Å². The molecule has 76 valence electrons. The predicted octanol–water partition coefficient (Wildman–Crippen LogP) is 2.91. The summed E-state index contributed by atoms with van der Waals surface area (Å²) in [7, 11) is 0. The van der Waals surface area contributed by atoms with Gasteiger partial charge in [0.1, 0.15) is 5.03 Å². The van der Waals surface area contributed by atoms with Crippen LogP contribution in [0.4, 0.5) is 0 Å². The van der Waals surface area contributed by atoms with Crippen molar-refractivity contribution in [3.05, 3.63) is 34.8 Å². The number of thioether (sulfide) groups is 1. The molecule has 1 aliphatic heterocycles. The molecule has 1 N–H and O–H groups in total. The summed E-state index contributed by atoms with van der Waals surface area (Å²) in [4.78, 5) is 6.68. The minimum atomic E-state index is 0.137. The second-order valence-electron chi connectivity index (χ2n) is 3.37. The molecule has 2 nitrogen and oxygen atoms in total. The molecule has 0 fully saturated rings. The molecule has 0 unspecified atom stereocenters.